The second kappa shape index (κ2) is 5.19. The second-order valence-electron chi connectivity index (χ2n) is 4.04. The first-order valence-electron chi connectivity index (χ1n) is 5.55. The molecule has 2 rings (SSSR count). The second-order valence-corrected chi connectivity index (χ2v) is 4.79. The summed E-state index contributed by atoms with van der Waals surface area (Å²) in [6.07, 6.45) is 1.30. The van der Waals surface area contributed by atoms with E-state index >= 15 is 0 Å². The minimum atomic E-state index is 0.140. The van der Waals surface area contributed by atoms with Crippen molar-refractivity contribution in [2.24, 2.45) is 0 Å². The average Bonchev–Trinajstić information content (AvgIpc) is 2.74. The van der Waals surface area contributed by atoms with Crippen LogP contribution < -0.4 is 0 Å². The van der Waals surface area contributed by atoms with Gasteiger partial charge in [-0.05, 0) is 42.9 Å². The zero-order valence-electron chi connectivity index (χ0n) is 9.93. The summed E-state index contributed by atoms with van der Waals surface area (Å²) in [5, 5.41) is 3.86. The molecule has 88 valence electrons. The quantitative estimate of drug-likeness (QED) is 0.779. The third-order valence-corrected chi connectivity index (χ3v) is 3.66. The molecule has 0 unspecified atom stereocenters. The predicted octanol–water partition coefficient (Wildman–Crippen LogP) is 2.97. The third-order valence-electron chi connectivity index (χ3n) is 2.79. The maximum absolute atomic E-state index is 11.9. The summed E-state index contributed by atoms with van der Waals surface area (Å²) in [7, 11) is 0. The van der Waals surface area contributed by atoms with E-state index in [0.29, 0.717) is 11.3 Å². The van der Waals surface area contributed by atoms with Crippen LogP contribution in [-0.2, 0) is 6.42 Å². The van der Waals surface area contributed by atoms with Gasteiger partial charge in [-0.25, -0.2) is 0 Å². The highest BCUT2D eigenvalue weighted by atomic mass is 32.1. The molecular formula is C13H14N2OS. The van der Waals surface area contributed by atoms with Crippen LogP contribution in [0.1, 0.15) is 32.9 Å². The molecule has 0 spiro atoms. The molecule has 0 saturated heterocycles. The van der Waals surface area contributed by atoms with E-state index in [1.54, 1.807) is 0 Å². The Morgan fingerprint density at radius 3 is 2.71 bits per heavy atom. The standard InChI is InChI=1S/C13H14N2OS/c1-9-5-3-4-6-11(9)7-8-12(16)13-10(2)14-15-17-13/h3-6H,7-8H2,1-2H3. The Morgan fingerprint density at radius 2 is 2.06 bits per heavy atom. The summed E-state index contributed by atoms with van der Waals surface area (Å²) >= 11 is 1.19. The van der Waals surface area contributed by atoms with Gasteiger partial charge in [-0.1, -0.05) is 28.8 Å². The summed E-state index contributed by atoms with van der Waals surface area (Å²) in [6.45, 7) is 3.89. The molecule has 0 aliphatic carbocycles. The van der Waals surface area contributed by atoms with E-state index in [4.69, 9.17) is 0 Å². The molecule has 0 aliphatic heterocycles. The lowest BCUT2D eigenvalue weighted by molar-refractivity contribution is 0.0986. The van der Waals surface area contributed by atoms with Crippen molar-refractivity contribution in [2.45, 2.75) is 26.7 Å². The van der Waals surface area contributed by atoms with Gasteiger partial charge in [0.1, 0.15) is 4.88 Å². The third kappa shape index (κ3) is 2.77. The number of carbonyl (C=O) groups is 1. The lowest BCUT2D eigenvalue weighted by Crippen LogP contribution is -2.01. The van der Waals surface area contributed by atoms with Crippen molar-refractivity contribution >= 4 is 17.3 Å². The number of hydrogen-bond donors (Lipinski definition) is 0. The number of Topliss-reactive ketones (excluding diaryl/α,β-unsaturated/α-hetero) is 1. The molecule has 0 radical (unpaired) electrons. The Kier molecular flexibility index (Phi) is 3.64. The molecule has 4 heteroatoms. The molecule has 17 heavy (non-hydrogen) atoms. The largest absolute Gasteiger partial charge is 0.293 e. The molecule has 0 N–H and O–H groups in total. The molecule has 0 fully saturated rings. The van der Waals surface area contributed by atoms with Gasteiger partial charge in [0, 0.05) is 6.42 Å². The molecule has 0 bridgehead atoms. The van der Waals surface area contributed by atoms with Crippen LogP contribution in [-0.4, -0.2) is 15.4 Å². The van der Waals surface area contributed by atoms with Crippen molar-refractivity contribution in [2.75, 3.05) is 0 Å². The highest BCUT2D eigenvalue weighted by Gasteiger charge is 2.13. The normalized spacial score (nSPS) is 10.5. The van der Waals surface area contributed by atoms with Gasteiger partial charge in [-0.3, -0.25) is 4.79 Å². The fourth-order valence-electron chi connectivity index (χ4n) is 1.74. The van der Waals surface area contributed by atoms with E-state index in [-0.39, 0.29) is 5.78 Å². The van der Waals surface area contributed by atoms with Gasteiger partial charge < -0.3 is 0 Å². The van der Waals surface area contributed by atoms with Crippen LogP contribution in [0.3, 0.4) is 0 Å². The van der Waals surface area contributed by atoms with Crippen molar-refractivity contribution < 1.29 is 4.79 Å². The topological polar surface area (TPSA) is 42.9 Å². The molecule has 0 saturated carbocycles. The summed E-state index contributed by atoms with van der Waals surface area (Å²) < 4.78 is 3.79. The van der Waals surface area contributed by atoms with Crippen molar-refractivity contribution in [1.82, 2.24) is 9.59 Å². The van der Waals surface area contributed by atoms with Gasteiger partial charge in [0.05, 0.1) is 5.69 Å². The van der Waals surface area contributed by atoms with Crippen molar-refractivity contribution in [3.05, 3.63) is 46.0 Å². The van der Waals surface area contributed by atoms with E-state index < -0.39 is 0 Å². The highest BCUT2D eigenvalue weighted by molar-refractivity contribution is 7.08. The lowest BCUT2D eigenvalue weighted by atomic mass is 10.0. The van der Waals surface area contributed by atoms with Crippen LogP contribution in [0.2, 0.25) is 0 Å². The number of hydrogen-bond acceptors (Lipinski definition) is 4. The van der Waals surface area contributed by atoms with Crippen LogP contribution >= 0.6 is 11.5 Å². The van der Waals surface area contributed by atoms with Crippen LogP contribution in [0, 0.1) is 13.8 Å². The summed E-state index contributed by atoms with van der Waals surface area (Å²) in [6, 6.07) is 8.16. The van der Waals surface area contributed by atoms with Gasteiger partial charge in [-0.15, -0.1) is 5.10 Å². The Labute approximate surface area is 105 Å². The first-order chi connectivity index (χ1) is 8.18. The molecule has 3 nitrogen and oxygen atoms in total. The fraction of sp³-hybridized carbons (Fsp3) is 0.308. The van der Waals surface area contributed by atoms with Crippen LogP contribution in [0.25, 0.3) is 0 Å². The number of benzene rings is 1. The SMILES string of the molecule is Cc1ccccc1CCC(=O)c1snnc1C. The Balaban J connectivity index is 2.02. The smallest absolute Gasteiger partial charge is 0.176 e. The van der Waals surface area contributed by atoms with E-state index in [2.05, 4.69) is 28.6 Å². The molecule has 1 aromatic carbocycles. The molecule has 1 aromatic heterocycles. The highest BCUT2D eigenvalue weighted by Crippen LogP contribution is 2.15. The molecule has 2 aromatic rings. The van der Waals surface area contributed by atoms with Gasteiger partial charge in [0.2, 0.25) is 0 Å². The predicted molar refractivity (Wildman–Crippen MR) is 68.5 cm³/mol. The molecule has 0 amide bonds. The number of rotatable bonds is 4. The van der Waals surface area contributed by atoms with E-state index in [0.717, 1.165) is 12.1 Å². The monoisotopic (exact) mass is 246 g/mol. The zero-order chi connectivity index (χ0) is 12.3. The van der Waals surface area contributed by atoms with Gasteiger partial charge >= 0.3 is 0 Å². The summed E-state index contributed by atoms with van der Waals surface area (Å²) in [5.74, 6) is 0.140. The number of nitrogens with zero attached hydrogens (tertiary/aromatic N) is 2. The molecular weight excluding hydrogens is 232 g/mol. The minimum Gasteiger partial charge on any atom is -0.293 e. The minimum absolute atomic E-state index is 0.140. The fourth-order valence-corrected chi connectivity index (χ4v) is 2.36. The maximum atomic E-state index is 11.9. The average molecular weight is 246 g/mol. The molecule has 1 heterocycles. The van der Waals surface area contributed by atoms with E-state index in [9.17, 15) is 4.79 Å². The lowest BCUT2D eigenvalue weighted by Gasteiger charge is -2.03. The number of ketones is 1. The Morgan fingerprint density at radius 1 is 1.29 bits per heavy atom. The van der Waals surface area contributed by atoms with Gasteiger partial charge in [0.15, 0.2) is 5.78 Å². The number of aryl methyl sites for hydroxylation is 3. The van der Waals surface area contributed by atoms with E-state index in [1.807, 2.05) is 19.1 Å². The van der Waals surface area contributed by atoms with E-state index in [1.165, 1.54) is 22.7 Å². The van der Waals surface area contributed by atoms with Gasteiger partial charge in [0.25, 0.3) is 0 Å². The number of carbonyl (C=O) groups excluding carboxylic acids is 1. The summed E-state index contributed by atoms with van der Waals surface area (Å²) in [4.78, 5) is 12.6. The van der Waals surface area contributed by atoms with Crippen LogP contribution in [0.15, 0.2) is 24.3 Å². The van der Waals surface area contributed by atoms with Crippen molar-refractivity contribution in [1.29, 1.82) is 0 Å². The Hall–Kier alpha value is -1.55. The zero-order valence-corrected chi connectivity index (χ0v) is 10.8. The molecule has 0 aliphatic rings. The number of aromatic nitrogens is 2. The van der Waals surface area contributed by atoms with Crippen molar-refractivity contribution in [3.8, 4) is 0 Å². The van der Waals surface area contributed by atoms with Crippen molar-refractivity contribution in [3.63, 3.8) is 0 Å². The summed E-state index contributed by atoms with van der Waals surface area (Å²) in [5.41, 5.74) is 3.21. The first-order valence-corrected chi connectivity index (χ1v) is 6.32. The Bertz CT molecular complexity index is 534. The first kappa shape index (κ1) is 11.9. The van der Waals surface area contributed by atoms with Gasteiger partial charge in [-0.2, -0.15) is 0 Å². The molecule has 0 atom stereocenters. The van der Waals surface area contributed by atoms with Crippen LogP contribution in [0.4, 0.5) is 0 Å². The van der Waals surface area contributed by atoms with Crippen LogP contribution in [0.5, 0.6) is 0 Å². The maximum Gasteiger partial charge on any atom is 0.176 e.